The molecule has 0 spiro atoms. The molecular weight excluding hydrogens is 426 g/mol. The smallest absolute Gasteiger partial charge is 0.252 e. The zero-order chi connectivity index (χ0) is 21.6. The summed E-state index contributed by atoms with van der Waals surface area (Å²) < 4.78 is 1.11. The van der Waals surface area contributed by atoms with Crippen molar-refractivity contribution in [1.82, 2.24) is 15.2 Å². The van der Waals surface area contributed by atoms with E-state index in [0.29, 0.717) is 23.9 Å². The summed E-state index contributed by atoms with van der Waals surface area (Å²) in [4.78, 5) is 32.8. The third kappa shape index (κ3) is 5.46. The van der Waals surface area contributed by atoms with Crippen molar-refractivity contribution in [1.29, 1.82) is 0 Å². The Bertz CT molecular complexity index is 1030. The molecule has 1 fully saturated rings. The average Bonchev–Trinajstić information content (AvgIpc) is 3.24. The number of nitrogens with one attached hydrogen (secondary N) is 1. The Morgan fingerprint density at radius 1 is 1.10 bits per heavy atom. The van der Waals surface area contributed by atoms with Crippen LogP contribution in [0, 0.1) is 0 Å². The highest BCUT2D eigenvalue weighted by atomic mass is 32.2. The zero-order valence-electron chi connectivity index (χ0n) is 17.7. The van der Waals surface area contributed by atoms with Crippen molar-refractivity contribution >= 4 is 45.1 Å². The average molecular weight is 454 g/mol. The van der Waals surface area contributed by atoms with Gasteiger partial charge in [0.25, 0.3) is 5.91 Å². The van der Waals surface area contributed by atoms with E-state index >= 15 is 0 Å². The van der Waals surface area contributed by atoms with Crippen molar-refractivity contribution in [3.05, 3.63) is 59.1 Å². The summed E-state index contributed by atoms with van der Waals surface area (Å²) in [7, 11) is 1.91. The maximum atomic E-state index is 12.8. The van der Waals surface area contributed by atoms with Gasteiger partial charge in [-0.1, -0.05) is 43.5 Å². The summed E-state index contributed by atoms with van der Waals surface area (Å²) in [5.74, 6) is 0.326. The number of hydrogen-bond donors (Lipinski definition) is 1. The van der Waals surface area contributed by atoms with E-state index in [9.17, 15) is 9.59 Å². The molecule has 1 saturated carbocycles. The van der Waals surface area contributed by atoms with Gasteiger partial charge in [-0.3, -0.25) is 9.59 Å². The molecule has 7 heteroatoms. The predicted molar refractivity (Wildman–Crippen MR) is 128 cm³/mol. The number of thioether (sulfide) groups is 1. The second-order valence-corrected chi connectivity index (χ2v) is 9.97. The summed E-state index contributed by atoms with van der Waals surface area (Å²) in [5, 5.41) is 3.86. The van der Waals surface area contributed by atoms with Gasteiger partial charge in [-0.2, -0.15) is 0 Å². The summed E-state index contributed by atoms with van der Waals surface area (Å²) in [5.41, 5.74) is 1.55. The summed E-state index contributed by atoms with van der Waals surface area (Å²) >= 11 is 3.02. The molecule has 0 aliphatic heterocycles. The Morgan fingerprint density at radius 3 is 2.65 bits per heavy atom. The minimum absolute atomic E-state index is 0.126. The number of aromatic nitrogens is 1. The van der Waals surface area contributed by atoms with Crippen LogP contribution in [0.3, 0.4) is 0 Å². The fourth-order valence-corrected chi connectivity index (χ4v) is 5.82. The van der Waals surface area contributed by atoms with Crippen LogP contribution in [0.2, 0.25) is 0 Å². The summed E-state index contributed by atoms with van der Waals surface area (Å²) in [6.45, 7) is 0.389. The van der Waals surface area contributed by atoms with Crippen LogP contribution in [-0.2, 0) is 11.3 Å². The number of carbonyl (C=O) groups excluding carboxylic acids is 2. The van der Waals surface area contributed by atoms with E-state index in [1.54, 1.807) is 11.3 Å². The molecule has 1 heterocycles. The van der Waals surface area contributed by atoms with Gasteiger partial charge in [-0.25, -0.2) is 4.98 Å². The Hall–Kier alpha value is -2.38. The van der Waals surface area contributed by atoms with Crippen LogP contribution in [0.5, 0.6) is 0 Å². The van der Waals surface area contributed by atoms with Crippen molar-refractivity contribution in [2.45, 2.75) is 49.6 Å². The molecule has 2 aromatic carbocycles. The maximum Gasteiger partial charge on any atom is 0.252 e. The first-order valence-electron chi connectivity index (χ1n) is 10.7. The van der Waals surface area contributed by atoms with Gasteiger partial charge in [0.05, 0.1) is 28.1 Å². The van der Waals surface area contributed by atoms with Crippen molar-refractivity contribution in [3.8, 4) is 0 Å². The van der Waals surface area contributed by atoms with Gasteiger partial charge in [0.2, 0.25) is 5.91 Å². The number of nitrogens with zero attached hydrogens (tertiary/aromatic N) is 2. The minimum atomic E-state index is -0.143. The molecule has 0 bridgehead atoms. The normalized spacial score (nSPS) is 14.5. The first kappa shape index (κ1) is 21.8. The van der Waals surface area contributed by atoms with Crippen LogP contribution >= 0.6 is 23.1 Å². The molecule has 1 N–H and O–H groups in total. The largest absolute Gasteiger partial charge is 0.345 e. The molecule has 3 aromatic rings. The fourth-order valence-electron chi connectivity index (χ4n) is 3.94. The molecule has 5 nitrogen and oxygen atoms in total. The van der Waals surface area contributed by atoms with Crippen molar-refractivity contribution < 1.29 is 9.59 Å². The molecule has 162 valence electrons. The quantitative estimate of drug-likeness (QED) is 0.505. The SMILES string of the molecule is CN(C(=O)CSc1ccccc1C(=O)NCc1nc2ccccc2s1)C1CCCCC1. The summed E-state index contributed by atoms with van der Waals surface area (Å²) in [6, 6.07) is 15.8. The number of fused-ring (bicyclic) bond motifs is 1. The van der Waals surface area contributed by atoms with Crippen LogP contribution in [0.4, 0.5) is 0 Å². The Labute approximate surface area is 191 Å². The fraction of sp³-hybridized carbons (Fsp3) is 0.375. The Morgan fingerprint density at radius 2 is 1.84 bits per heavy atom. The van der Waals surface area contributed by atoms with Gasteiger partial charge in [0, 0.05) is 18.0 Å². The molecular formula is C24H27N3O2S2. The second kappa shape index (κ2) is 10.3. The van der Waals surface area contributed by atoms with Crippen LogP contribution in [0.15, 0.2) is 53.4 Å². The lowest BCUT2D eigenvalue weighted by Gasteiger charge is -2.31. The number of carbonyl (C=O) groups is 2. The molecule has 1 aliphatic rings. The lowest BCUT2D eigenvalue weighted by molar-refractivity contribution is -0.129. The van der Waals surface area contributed by atoms with Gasteiger partial charge >= 0.3 is 0 Å². The maximum absolute atomic E-state index is 12.8. The van der Waals surface area contributed by atoms with Crippen LogP contribution < -0.4 is 5.32 Å². The standard InChI is InChI=1S/C24H27N3O2S2/c1-27(17-9-3-2-4-10-17)23(28)16-30-20-13-7-5-11-18(20)24(29)25-15-22-26-19-12-6-8-14-21(19)31-22/h5-8,11-14,17H,2-4,9-10,15-16H2,1H3,(H,25,29). The monoisotopic (exact) mass is 453 g/mol. The molecule has 0 atom stereocenters. The van der Waals surface area contributed by atoms with Gasteiger partial charge in [-0.15, -0.1) is 23.1 Å². The van der Waals surface area contributed by atoms with E-state index in [1.165, 1.54) is 31.0 Å². The van der Waals surface area contributed by atoms with Gasteiger partial charge in [-0.05, 0) is 37.1 Å². The van der Waals surface area contributed by atoms with Crippen LogP contribution in [0.25, 0.3) is 10.2 Å². The minimum Gasteiger partial charge on any atom is -0.345 e. The number of thiazole rings is 1. The molecule has 2 amide bonds. The number of hydrogen-bond acceptors (Lipinski definition) is 5. The van der Waals surface area contributed by atoms with E-state index < -0.39 is 0 Å². The van der Waals surface area contributed by atoms with Crippen molar-refractivity contribution in [3.63, 3.8) is 0 Å². The number of rotatable bonds is 7. The Balaban J connectivity index is 1.35. The third-order valence-electron chi connectivity index (χ3n) is 5.74. The van der Waals surface area contributed by atoms with E-state index in [2.05, 4.69) is 10.3 Å². The zero-order valence-corrected chi connectivity index (χ0v) is 19.3. The molecule has 31 heavy (non-hydrogen) atoms. The highest BCUT2D eigenvalue weighted by Crippen LogP contribution is 2.26. The van der Waals surface area contributed by atoms with Gasteiger partial charge in [0.15, 0.2) is 0 Å². The van der Waals surface area contributed by atoms with Crippen molar-refractivity contribution in [2.24, 2.45) is 0 Å². The Kier molecular flexibility index (Phi) is 7.25. The molecule has 0 saturated heterocycles. The number of amides is 2. The number of para-hydroxylation sites is 1. The predicted octanol–water partition coefficient (Wildman–Crippen LogP) is 5.11. The lowest BCUT2D eigenvalue weighted by Crippen LogP contribution is -2.39. The van der Waals surface area contributed by atoms with Crippen LogP contribution in [0.1, 0.15) is 47.5 Å². The highest BCUT2D eigenvalue weighted by molar-refractivity contribution is 8.00. The molecule has 0 unspecified atom stereocenters. The third-order valence-corrected chi connectivity index (χ3v) is 7.83. The van der Waals surface area contributed by atoms with E-state index in [0.717, 1.165) is 33.0 Å². The van der Waals surface area contributed by atoms with E-state index in [1.807, 2.05) is 60.5 Å². The lowest BCUT2D eigenvalue weighted by atomic mass is 9.94. The highest BCUT2D eigenvalue weighted by Gasteiger charge is 2.22. The van der Waals surface area contributed by atoms with Gasteiger partial charge in [0.1, 0.15) is 5.01 Å². The molecule has 0 radical (unpaired) electrons. The van der Waals surface area contributed by atoms with Gasteiger partial charge < -0.3 is 10.2 Å². The molecule has 4 rings (SSSR count). The van der Waals surface area contributed by atoms with Crippen molar-refractivity contribution in [2.75, 3.05) is 12.8 Å². The topological polar surface area (TPSA) is 62.3 Å². The first-order valence-corrected chi connectivity index (χ1v) is 12.5. The van der Waals surface area contributed by atoms with Crippen LogP contribution in [-0.4, -0.2) is 40.5 Å². The second-order valence-electron chi connectivity index (χ2n) is 7.84. The van der Waals surface area contributed by atoms with E-state index in [-0.39, 0.29) is 11.8 Å². The van der Waals surface area contributed by atoms with E-state index in [4.69, 9.17) is 0 Å². The molecule has 1 aliphatic carbocycles. The number of benzene rings is 2. The molecule has 1 aromatic heterocycles. The first-order chi connectivity index (χ1) is 15.1. The summed E-state index contributed by atoms with van der Waals surface area (Å²) in [6.07, 6.45) is 5.86.